The molecule has 0 amide bonds. The Hall–Kier alpha value is -0.610. The smallest absolute Gasteiger partial charge is 0.137 e. The van der Waals surface area contributed by atoms with E-state index >= 15 is 0 Å². The maximum absolute atomic E-state index is 6.30. The van der Waals surface area contributed by atoms with Crippen LogP contribution in [0, 0.1) is 0 Å². The zero-order chi connectivity index (χ0) is 13.8. The van der Waals surface area contributed by atoms with Gasteiger partial charge in [-0.05, 0) is 37.8 Å². The van der Waals surface area contributed by atoms with Crippen LogP contribution < -0.4 is 4.74 Å². The Balaban J connectivity index is 1.49. The van der Waals surface area contributed by atoms with Gasteiger partial charge in [-0.15, -0.1) is 0 Å². The first-order valence-corrected chi connectivity index (χ1v) is 8.73. The third-order valence-electron chi connectivity index (χ3n) is 4.47. The van der Waals surface area contributed by atoms with Crippen LogP contribution in [0.25, 0.3) is 0 Å². The summed E-state index contributed by atoms with van der Waals surface area (Å²) >= 11 is 3.39. The van der Waals surface area contributed by atoms with E-state index in [2.05, 4.69) is 20.9 Å². The fourth-order valence-corrected chi connectivity index (χ4v) is 3.67. The number of hydrogen-bond acceptors (Lipinski definition) is 3. The summed E-state index contributed by atoms with van der Waals surface area (Å²) in [5, 5.41) is 0.779. The molecule has 110 valence electrons. The maximum Gasteiger partial charge on any atom is 0.137 e. The minimum absolute atomic E-state index is 0.185. The molecule has 1 aliphatic heterocycles. The molecule has 0 aromatic carbocycles. The zero-order valence-electron chi connectivity index (χ0n) is 11.8. The number of ether oxygens (including phenoxy) is 2. The normalized spacial score (nSPS) is 24.9. The molecule has 2 aliphatic rings. The average molecular weight is 340 g/mol. The van der Waals surface area contributed by atoms with Crippen molar-refractivity contribution in [1.29, 1.82) is 0 Å². The van der Waals surface area contributed by atoms with Crippen molar-refractivity contribution in [2.24, 2.45) is 0 Å². The van der Waals surface area contributed by atoms with E-state index in [1.165, 1.54) is 38.5 Å². The molecule has 0 radical (unpaired) electrons. The molecule has 1 saturated heterocycles. The van der Waals surface area contributed by atoms with Gasteiger partial charge < -0.3 is 9.47 Å². The lowest BCUT2D eigenvalue weighted by Crippen LogP contribution is -2.32. The van der Waals surface area contributed by atoms with Gasteiger partial charge in [0.25, 0.3) is 0 Å². The highest BCUT2D eigenvalue weighted by Gasteiger charge is 2.40. The summed E-state index contributed by atoms with van der Waals surface area (Å²) in [6.07, 6.45) is 10.9. The molecule has 2 fully saturated rings. The molecule has 4 heteroatoms. The van der Waals surface area contributed by atoms with Gasteiger partial charge in [0, 0.05) is 5.33 Å². The molecule has 20 heavy (non-hydrogen) atoms. The number of alkyl halides is 1. The Morgan fingerprint density at radius 3 is 2.80 bits per heavy atom. The van der Waals surface area contributed by atoms with E-state index < -0.39 is 0 Å². The van der Waals surface area contributed by atoms with E-state index in [0.29, 0.717) is 6.61 Å². The fraction of sp³-hybridized carbons (Fsp3) is 0.688. The molecular weight excluding hydrogens is 318 g/mol. The van der Waals surface area contributed by atoms with Crippen LogP contribution in [-0.4, -0.2) is 23.3 Å². The SMILES string of the molecule is BrCc1ccc(OCC2CCC3(CCCCC3)O2)cn1. The summed E-state index contributed by atoms with van der Waals surface area (Å²) < 4.78 is 12.1. The van der Waals surface area contributed by atoms with Gasteiger partial charge >= 0.3 is 0 Å². The lowest BCUT2D eigenvalue weighted by Gasteiger charge is -2.33. The molecule has 1 saturated carbocycles. The molecule has 1 unspecified atom stereocenters. The van der Waals surface area contributed by atoms with Crippen LogP contribution in [-0.2, 0) is 10.1 Å². The zero-order valence-corrected chi connectivity index (χ0v) is 13.4. The summed E-state index contributed by atoms with van der Waals surface area (Å²) in [6, 6.07) is 3.97. The third-order valence-corrected chi connectivity index (χ3v) is 5.05. The van der Waals surface area contributed by atoms with Crippen molar-refractivity contribution in [3.05, 3.63) is 24.0 Å². The van der Waals surface area contributed by atoms with Crippen LogP contribution in [0.3, 0.4) is 0 Å². The van der Waals surface area contributed by atoms with Crippen LogP contribution in [0.5, 0.6) is 5.75 Å². The van der Waals surface area contributed by atoms with E-state index in [1.54, 1.807) is 6.20 Å². The Kier molecular flexibility index (Phi) is 4.61. The lowest BCUT2D eigenvalue weighted by molar-refractivity contribution is -0.0748. The van der Waals surface area contributed by atoms with Gasteiger partial charge in [0.05, 0.1) is 23.6 Å². The topological polar surface area (TPSA) is 31.4 Å². The number of nitrogens with zero attached hydrogens (tertiary/aromatic N) is 1. The van der Waals surface area contributed by atoms with Crippen molar-refractivity contribution >= 4 is 15.9 Å². The van der Waals surface area contributed by atoms with E-state index in [1.807, 2.05) is 12.1 Å². The molecular formula is C16H22BrNO2. The van der Waals surface area contributed by atoms with E-state index in [4.69, 9.17) is 9.47 Å². The van der Waals surface area contributed by atoms with Crippen molar-refractivity contribution in [2.45, 2.75) is 62.0 Å². The minimum Gasteiger partial charge on any atom is -0.489 e. The first kappa shape index (κ1) is 14.3. The summed E-state index contributed by atoms with van der Waals surface area (Å²) in [5.41, 5.74) is 1.21. The maximum atomic E-state index is 6.30. The Labute approximate surface area is 129 Å². The van der Waals surface area contributed by atoms with Crippen LogP contribution in [0.4, 0.5) is 0 Å². The molecule has 1 atom stereocenters. The molecule has 2 heterocycles. The Morgan fingerprint density at radius 1 is 1.25 bits per heavy atom. The summed E-state index contributed by atoms with van der Waals surface area (Å²) in [5.74, 6) is 0.836. The second kappa shape index (κ2) is 6.44. The van der Waals surface area contributed by atoms with Crippen LogP contribution in [0.2, 0.25) is 0 Å². The van der Waals surface area contributed by atoms with Gasteiger partial charge in [0.2, 0.25) is 0 Å². The van der Waals surface area contributed by atoms with Gasteiger partial charge in [-0.2, -0.15) is 0 Å². The first-order chi connectivity index (χ1) is 9.80. The molecule has 0 bridgehead atoms. The first-order valence-electron chi connectivity index (χ1n) is 7.61. The van der Waals surface area contributed by atoms with Crippen LogP contribution in [0.15, 0.2) is 18.3 Å². The van der Waals surface area contributed by atoms with Crippen molar-refractivity contribution in [1.82, 2.24) is 4.98 Å². The minimum atomic E-state index is 0.185. The standard InChI is InChI=1S/C16H22BrNO2/c17-10-13-4-5-14(11-18-13)19-12-15-6-9-16(20-15)7-2-1-3-8-16/h4-5,11,15H,1-3,6-10,12H2. The average Bonchev–Trinajstić information content (AvgIpc) is 2.89. The monoisotopic (exact) mass is 339 g/mol. The Morgan fingerprint density at radius 2 is 2.10 bits per heavy atom. The van der Waals surface area contributed by atoms with Gasteiger partial charge in [0.15, 0.2) is 0 Å². The third kappa shape index (κ3) is 3.34. The van der Waals surface area contributed by atoms with Gasteiger partial charge in [-0.25, -0.2) is 0 Å². The van der Waals surface area contributed by atoms with Crippen molar-refractivity contribution in [3.8, 4) is 5.75 Å². The summed E-state index contributed by atoms with van der Waals surface area (Å²) in [6.45, 7) is 0.650. The van der Waals surface area contributed by atoms with Gasteiger partial charge in [-0.3, -0.25) is 4.98 Å². The number of hydrogen-bond donors (Lipinski definition) is 0. The quantitative estimate of drug-likeness (QED) is 0.769. The second-order valence-electron chi connectivity index (χ2n) is 5.95. The van der Waals surface area contributed by atoms with E-state index in [-0.39, 0.29) is 11.7 Å². The largest absolute Gasteiger partial charge is 0.489 e. The van der Waals surface area contributed by atoms with E-state index in [0.717, 1.165) is 23.2 Å². The van der Waals surface area contributed by atoms with Crippen LogP contribution in [0.1, 0.15) is 50.6 Å². The van der Waals surface area contributed by atoms with Crippen molar-refractivity contribution in [3.63, 3.8) is 0 Å². The highest BCUT2D eigenvalue weighted by atomic mass is 79.9. The number of aromatic nitrogens is 1. The fourth-order valence-electron chi connectivity index (χ4n) is 3.34. The molecule has 0 N–H and O–H groups in total. The second-order valence-corrected chi connectivity index (χ2v) is 6.51. The highest BCUT2D eigenvalue weighted by Crippen LogP contribution is 2.41. The molecule has 1 aliphatic carbocycles. The Bertz CT molecular complexity index is 429. The summed E-state index contributed by atoms with van der Waals surface area (Å²) in [4.78, 5) is 4.31. The number of pyridine rings is 1. The van der Waals surface area contributed by atoms with E-state index in [9.17, 15) is 0 Å². The number of rotatable bonds is 4. The number of halogens is 1. The van der Waals surface area contributed by atoms with Crippen LogP contribution >= 0.6 is 15.9 Å². The van der Waals surface area contributed by atoms with Gasteiger partial charge in [0.1, 0.15) is 12.4 Å². The molecule has 1 spiro atoms. The highest BCUT2D eigenvalue weighted by molar-refractivity contribution is 9.08. The lowest BCUT2D eigenvalue weighted by atomic mass is 9.83. The van der Waals surface area contributed by atoms with Crippen molar-refractivity contribution < 1.29 is 9.47 Å². The van der Waals surface area contributed by atoms with Crippen molar-refractivity contribution in [2.75, 3.05) is 6.61 Å². The summed E-state index contributed by atoms with van der Waals surface area (Å²) in [7, 11) is 0. The predicted octanol–water partition coefficient (Wildman–Crippen LogP) is 4.24. The molecule has 3 nitrogen and oxygen atoms in total. The van der Waals surface area contributed by atoms with Gasteiger partial charge in [-0.1, -0.05) is 35.2 Å². The molecule has 3 rings (SSSR count). The predicted molar refractivity (Wildman–Crippen MR) is 82.3 cm³/mol. The molecule has 1 aromatic rings. The molecule has 1 aromatic heterocycles.